The minimum Gasteiger partial charge on any atom is -0.311 e. The summed E-state index contributed by atoms with van der Waals surface area (Å²) in [5, 5.41) is 5.38. The summed E-state index contributed by atoms with van der Waals surface area (Å²) < 4.78 is 28.7. The molecule has 3 aliphatic heterocycles. The molecule has 0 radical (unpaired) electrons. The van der Waals surface area contributed by atoms with E-state index in [1.165, 1.54) is 61.4 Å². The van der Waals surface area contributed by atoms with E-state index in [9.17, 15) is 8.78 Å². The van der Waals surface area contributed by atoms with E-state index in [4.69, 9.17) is 0 Å². The van der Waals surface area contributed by atoms with Crippen LogP contribution in [0, 0.1) is 11.6 Å². The standard InChI is InChI=1S/C42H27BF2N2Si/c44-28-20-24-30(25-21-28)46-34-14-7-15-35-40(34)43-41-36(46)16-8-18-38(41)48(32-10-3-1-4-11-32,33-12-5-2-6-13-33)39-19-9-17-37(42(39)43)47(35)31-26-22-29(45)23-27-31/h1-27H. The lowest BCUT2D eigenvalue weighted by molar-refractivity contribution is 0.627. The zero-order valence-corrected chi connectivity index (χ0v) is 26.8. The van der Waals surface area contributed by atoms with Crippen molar-refractivity contribution in [3.05, 3.63) is 175 Å². The van der Waals surface area contributed by atoms with E-state index >= 15 is 0 Å². The molecule has 6 heteroatoms. The van der Waals surface area contributed by atoms with Crippen molar-refractivity contribution in [3.8, 4) is 0 Å². The average molecular weight is 637 g/mol. The van der Waals surface area contributed by atoms with Gasteiger partial charge < -0.3 is 9.80 Å². The van der Waals surface area contributed by atoms with Gasteiger partial charge in [-0.3, -0.25) is 0 Å². The molecule has 0 unspecified atom stereocenters. The first-order chi connectivity index (χ1) is 23.7. The van der Waals surface area contributed by atoms with Gasteiger partial charge in [0.25, 0.3) is 6.71 Å². The molecule has 48 heavy (non-hydrogen) atoms. The third kappa shape index (κ3) is 3.55. The first-order valence-corrected chi connectivity index (χ1v) is 18.3. The summed E-state index contributed by atoms with van der Waals surface area (Å²) in [6.45, 7) is -0.0185. The number of benzene rings is 7. The Morgan fingerprint density at radius 1 is 0.375 bits per heavy atom. The molecule has 3 heterocycles. The molecule has 226 valence electrons. The highest BCUT2D eigenvalue weighted by atomic mass is 28.3. The molecule has 0 fully saturated rings. The van der Waals surface area contributed by atoms with Crippen LogP contribution >= 0.6 is 0 Å². The van der Waals surface area contributed by atoms with Gasteiger partial charge in [-0.25, -0.2) is 8.78 Å². The van der Waals surface area contributed by atoms with Crippen LogP contribution in [-0.4, -0.2) is 14.8 Å². The Morgan fingerprint density at radius 2 is 0.750 bits per heavy atom. The molecule has 0 atom stereocenters. The van der Waals surface area contributed by atoms with Crippen LogP contribution in [0.3, 0.4) is 0 Å². The van der Waals surface area contributed by atoms with E-state index in [-0.39, 0.29) is 18.3 Å². The average Bonchev–Trinajstić information content (AvgIpc) is 3.14. The van der Waals surface area contributed by atoms with Crippen LogP contribution in [0.5, 0.6) is 0 Å². The number of hydrogen-bond donors (Lipinski definition) is 0. The number of anilines is 6. The zero-order valence-electron chi connectivity index (χ0n) is 25.8. The van der Waals surface area contributed by atoms with Gasteiger partial charge in [-0.1, -0.05) is 91.0 Å². The molecular formula is C42H27BF2N2Si. The quantitative estimate of drug-likeness (QED) is 0.228. The zero-order chi connectivity index (χ0) is 32.0. The van der Waals surface area contributed by atoms with Crippen LogP contribution in [0.4, 0.5) is 42.9 Å². The minimum atomic E-state index is -2.91. The van der Waals surface area contributed by atoms with Crippen molar-refractivity contribution in [3.63, 3.8) is 0 Å². The third-order valence-corrected chi connectivity index (χ3v) is 15.3. The predicted octanol–water partition coefficient (Wildman–Crippen LogP) is 5.74. The Balaban J connectivity index is 1.41. The highest BCUT2D eigenvalue weighted by Crippen LogP contribution is 2.44. The van der Waals surface area contributed by atoms with Crippen molar-refractivity contribution in [2.24, 2.45) is 0 Å². The Kier molecular flexibility index (Phi) is 5.79. The summed E-state index contributed by atoms with van der Waals surface area (Å²) in [5.41, 5.74) is 9.99. The van der Waals surface area contributed by atoms with Gasteiger partial charge in [0, 0.05) is 34.1 Å². The second-order valence-electron chi connectivity index (χ2n) is 12.7. The first-order valence-electron chi connectivity index (χ1n) is 16.3. The molecule has 0 spiro atoms. The van der Waals surface area contributed by atoms with E-state index in [1.54, 1.807) is 0 Å². The maximum Gasteiger partial charge on any atom is 0.251 e. The molecule has 3 aliphatic rings. The van der Waals surface area contributed by atoms with Crippen molar-refractivity contribution in [1.29, 1.82) is 0 Å². The molecule has 0 aromatic heterocycles. The van der Waals surface area contributed by atoms with Gasteiger partial charge in [-0.05, 0) is 110 Å². The van der Waals surface area contributed by atoms with Crippen molar-refractivity contribution in [2.75, 3.05) is 9.80 Å². The summed E-state index contributed by atoms with van der Waals surface area (Å²) in [6.07, 6.45) is 0. The summed E-state index contributed by atoms with van der Waals surface area (Å²) in [6, 6.07) is 55.7. The fourth-order valence-electron chi connectivity index (χ4n) is 8.72. The van der Waals surface area contributed by atoms with Crippen LogP contribution < -0.4 is 46.9 Å². The second-order valence-corrected chi connectivity index (χ2v) is 16.5. The summed E-state index contributed by atoms with van der Waals surface area (Å²) >= 11 is 0. The number of halogens is 2. The predicted molar refractivity (Wildman–Crippen MR) is 198 cm³/mol. The fourth-order valence-corrected chi connectivity index (χ4v) is 14.0. The molecule has 0 amide bonds. The van der Waals surface area contributed by atoms with Crippen LogP contribution in [-0.2, 0) is 0 Å². The largest absolute Gasteiger partial charge is 0.311 e. The normalized spacial score (nSPS) is 14.5. The SMILES string of the molecule is Fc1ccc(N2c3cccc4c3B3c5c2cccc5[Si](c2ccccc2)(c2ccccc2)c2cccc(c23)N4c2ccc(F)cc2)cc1. The Bertz CT molecular complexity index is 2220. The van der Waals surface area contributed by atoms with Crippen LogP contribution in [0.25, 0.3) is 0 Å². The monoisotopic (exact) mass is 636 g/mol. The third-order valence-electron chi connectivity index (χ3n) is 10.4. The first kappa shape index (κ1) is 27.4. The topological polar surface area (TPSA) is 6.48 Å². The lowest BCUT2D eigenvalue weighted by Gasteiger charge is -2.51. The number of nitrogens with zero attached hydrogens (tertiary/aromatic N) is 2. The molecule has 0 aliphatic carbocycles. The van der Waals surface area contributed by atoms with Gasteiger partial charge in [0.05, 0.1) is 0 Å². The van der Waals surface area contributed by atoms with Gasteiger partial charge in [0.15, 0.2) is 8.07 Å². The molecule has 7 aromatic carbocycles. The maximum absolute atomic E-state index is 14.4. The summed E-state index contributed by atoms with van der Waals surface area (Å²) in [4.78, 5) is 4.62. The molecule has 10 rings (SSSR count). The molecule has 0 N–H and O–H groups in total. The van der Waals surface area contributed by atoms with Gasteiger partial charge >= 0.3 is 0 Å². The van der Waals surface area contributed by atoms with Gasteiger partial charge in [-0.2, -0.15) is 0 Å². The fraction of sp³-hybridized carbons (Fsp3) is 0. The summed E-state index contributed by atoms with van der Waals surface area (Å²) in [5.74, 6) is -0.529. The number of hydrogen-bond acceptors (Lipinski definition) is 2. The van der Waals surface area contributed by atoms with E-state index in [2.05, 4.69) is 125 Å². The highest BCUT2D eigenvalue weighted by Gasteiger charge is 2.56. The molecule has 0 saturated carbocycles. The molecule has 7 aromatic rings. The maximum atomic E-state index is 14.4. The highest BCUT2D eigenvalue weighted by molar-refractivity contribution is 7.27. The van der Waals surface area contributed by atoms with Crippen molar-refractivity contribution >= 4 is 86.0 Å². The number of rotatable bonds is 4. The Morgan fingerprint density at radius 3 is 1.17 bits per heavy atom. The Labute approximate surface area is 279 Å². The summed E-state index contributed by atoms with van der Waals surface area (Å²) in [7, 11) is -2.91. The lowest BCUT2D eigenvalue weighted by Crippen LogP contribution is -2.88. The Hall–Kier alpha value is -5.72. The lowest BCUT2D eigenvalue weighted by atomic mass is 9.33. The minimum absolute atomic E-state index is 0.0185. The van der Waals surface area contributed by atoms with Gasteiger partial charge in [-0.15, -0.1) is 0 Å². The van der Waals surface area contributed by atoms with Crippen LogP contribution in [0.2, 0.25) is 0 Å². The second kappa shape index (κ2) is 10.1. The van der Waals surface area contributed by atoms with Crippen molar-refractivity contribution in [1.82, 2.24) is 0 Å². The van der Waals surface area contributed by atoms with Crippen LogP contribution in [0.15, 0.2) is 164 Å². The van der Waals surface area contributed by atoms with Gasteiger partial charge in [0.2, 0.25) is 0 Å². The van der Waals surface area contributed by atoms with E-state index in [0.29, 0.717) is 0 Å². The molecule has 0 bridgehead atoms. The molecule has 2 nitrogen and oxygen atoms in total. The van der Waals surface area contributed by atoms with Crippen LogP contribution in [0.1, 0.15) is 0 Å². The van der Waals surface area contributed by atoms with E-state index in [0.717, 1.165) is 34.1 Å². The smallest absolute Gasteiger partial charge is 0.251 e. The van der Waals surface area contributed by atoms with Gasteiger partial charge in [0.1, 0.15) is 11.6 Å². The molecular weight excluding hydrogens is 609 g/mol. The van der Waals surface area contributed by atoms with Crippen molar-refractivity contribution in [2.45, 2.75) is 0 Å². The van der Waals surface area contributed by atoms with Crippen molar-refractivity contribution < 1.29 is 8.78 Å². The molecule has 0 saturated heterocycles. The van der Waals surface area contributed by atoms with E-state index in [1.807, 2.05) is 24.3 Å². The van der Waals surface area contributed by atoms with E-state index < -0.39 is 8.07 Å².